The summed E-state index contributed by atoms with van der Waals surface area (Å²) in [4.78, 5) is 15.1. The summed E-state index contributed by atoms with van der Waals surface area (Å²) in [5, 5.41) is 16.6. The van der Waals surface area contributed by atoms with Crippen LogP contribution in [0, 0.1) is 0 Å². The van der Waals surface area contributed by atoms with E-state index in [-0.39, 0.29) is 5.69 Å². The molecule has 2 aromatic rings. The molecule has 2 heterocycles. The van der Waals surface area contributed by atoms with Crippen molar-refractivity contribution in [3.63, 3.8) is 0 Å². The largest absolute Gasteiger partial charge is 0.476 e. The van der Waals surface area contributed by atoms with E-state index >= 15 is 0 Å². The smallest absolute Gasteiger partial charge is 0.358 e. The fraction of sp³-hybridized carbons (Fsp3) is 0.400. The summed E-state index contributed by atoms with van der Waals surface area (Å²) >= 11 is 0. The Labute approximate surface area is 103 Å². The lowest BCUT2D eigenvalue weighted by Crippen LogP contribution is -2.10. The number of ether oxygens (including phenoxy) is 1. The predicted octanol–water partition coefficient (Wildman–Crippen LogP) is 0.0232. The molecule has 96 valence electrons. The van der Waals surface area contributed by atoms with Crippen molar-refractivity contribution >= 4 is 5.97 Å². The van der Waals surface area contributed by atoms with E-state index in [4.69, 9.17) is 9.84 Å². The molecule has 2 rings (SSSR count). The van der Waals surface area contributed by atoms with Crippen LogP contribution in [0.4, 0.5) is 0 Å². The zero-order valence-corrected chi connectivity index (χ0v) is 10.1. The predicted molar refractivity (Wildman–Crippen MR) is 61.1 cm³/mol. The van der Waals surface area contributed by atoms with Crippen molar-refractivity contribution in [1.82, 2.24) is 24.5 Å². The van der Waals surface area contributed by atoms with Gasteiger partial charge in [-0.05, 0) is 0 Å². The minimum Gasteiger partial charge on any atom is -0.476 e. The Kier molecular flexibility index (Phi) is 3.38. The van der Waals surface area contributed by atoms with Crippen LogP contribution < -0.4 is 0 Å². The Morgan fingerprint density at radius 1 is 1.56 bits per heavy atom. The minimum absolute atomic E-state index is 0.0882. The van der Waals surface area contributed by atoms with Gasteiger partial charge in [-0.15, -0.1) is 5.10 Å². The number of carboxylic acid groups (broad SMARTS) is 1. The molecule has 2 aromatic heterocycles. The minimum atomic E-state index is -1.12. The third-order valence-corrected chi connectivity index (χ3v) is 2.50. The topological polar surface area (TPSA) is 95.1 Å². The van der Waals surface area contributed by atoms with Crippen LogP contribution in [0.25, 0.3) is 11.4 Å². The maximum atomic E-state index is 11.1. The fourth-order valence-electron chi connectivity index (χ4n) is 1.63. The summed E-state index contributed by atoms with van der Waals surface area (Å²) in [6, 6.07) is 0. The van der Waals surface area contributed by atoms with Crippen molar-refractivity contribution in [2.75, 3.05) is 13.7 Å². The fourth-order valence-corrected chi connectivity index (χ4v) is 1.63. The third kappa shape index (κ3) is 2.09. The number of imidazole rings is 1. The van der Waals surface area contributed by atoms with Crippen molar-refractivity contribution in [2.45, 2.75) is 6.54 Å². The lowest BCUT2D eigenvalue weighted by Gasteiger charge is -2.06. The first-order chi connectivity index (χ1) is 8.65. The average molecular weight is 251 g/mol. The van der Waals surface area contributed by atoms with Crippen molar-refractivity contribution in [3.8, 4) is 11.4 Å². The zero-order valence-electron chi connectivity index (χ0n) is 10.1. The van der Waals surface area contributed by atoms with Gasteiger partial charge in [-0.3, -0.25) is 0 Å². The Bertz CT molecular complexity index is 560. The van der Waals surface area contributed by atoms with Crippen molar-refractivity contribution < 1.29 is 14.6 Å². The lowest BCUT2D eigenvalue weighted by molar-refractivity contribution is 0.0691. The van der Waals surface area contributed by atoms with Gasteiger partial charge in [0.25, 0.3) is 0 Å². The van der Waals surface area contributed by atoms with Gasteiger partial charge >= 0.3 is 5.97 Å². The number of rotatable bonds is 5. The molecule has 0 aliphatic heterocycles. The average Bonchev–Trinajstić information content (AvgIpc) is 2.91. The van der Waals surface area contributed by atoms with E-state index < -0.39 is 5.97 Å². The molecule has 0 saturated carbocycles. The van der Waals surface area contributed by atoms with Gasteiger partial charge in [0.05, 0.1) is 31.4 Å². The van der Waals surface area contributed by atoms with E-state index in [0.717, 1.165) is 0 Å². The highest BCUT2D eigenvalue weighted by Crippen LogP contribution is 2.21. The molecule has 0 aromatic carbocycles. The standard InChI is InChI=1S/C10H13N5O3/c1-14-6-11-5-7(14)9-8(10(16)17)12-13-15(9)3-4-18-2/h5-6H,3-4H2,1-2H3,(H,16,17). The SMILES string of the molecule is COCCn1nnc(C(=O)O)c1-c1cncn1C. The maximum Gasteiger partial charge on any atom is 0.358 e. The molecule has 0 atom stereocenters. The molecule has 1 N–H and O–H groups in total. The second-order valence-corrected chi connectivity index (χ2v) is 3.70. The summed E-state index contributed by atoms with van der Waals surface area (Å²) < 4.78 is 8.18. The summed E-state index contributed by atoms with van der Waals surface area (Å²) in [5.41, 5.74) is 0.989. The Hall–Kier alpha value is -2.22. The first-order valence-electron chi connectivity index (χ1n) is 5.27. The zero-order chi connectivity index (χ0) is 13.1. The molecule has 0 aliphatic carbocycles. The van der Waals surface area contributed by atoms with Crippen molar-refractivity contribution in [1.29, 1.82) is 0 Å². The summed E-state index contributed by atoms with van der Waals surface area (Å²) in [5.74, 6) is -1.12. The molecule has 18 heavy (non-hydrogen) atoms. The number of aromatic carboxylic acids is 1. The van der Waals surface area contributed by atoms with Crippen LogP contribution in [0.2, 0.25) is 0 Å². The number of carbonyl (C=O) groups is 1. The molecule has 0 saturated heterocycles. The third-order valence-electron chi connectivity index (χ3n) is 2.50. The van der Waals surface area contributed by atoms with E-state index in [2.05, 4.69) is 15.3 Å². The molecule has 0 aliphatic rings. The molecular formula is C10H13N5O3. The van der Waals surface area contributed by atoms with Gasteiger partial charge in [0.1, 0.15) is 5.69 Å². The Morgan fingerprint density at radius 3 is 2.89 bits per heavy atom. The molecule has 0 radical (unpaired) electrons. The van der Waals surface area contributed by atoms with Gasteiger partial charge in [-0.25, -0.2) is 14.5 Å². The number of aromatic nitrogens is 5. The highest BCUT2D eigenvalue weighted by Gasteiger charge is 2.22. The molecule has 0 spiro atoms. The van der Waals surface area contributed by atoms with Crippen LogP contribution in [0.1, 0.15) is 10.5 Å². The van der Waals surface area contributed by atoms with E-state index in [0.29, 0.717) is 24.5 Å². The van der Waals surface area contributed by atoms with Gasteiger partial charge in [0, 0.05) is 14.2 Å². The van der Waals surface area contributed by atoms with Crippen molar-refractivity contribution in [3.05, 3.63) is 18.2 Å². The number of nitrogens with zero attached hydrogens (tertiary/aromatic N) is 5. The van der Waals surface area contributed by atoms with E-state index in [1.807, 2.05) is 0 Å². The van der Waals surface area contributed by atoms with E-state index in [9.17, 15) is 4.79 Å². The van der Waals surface area contributed by atoms with Crippen LogP contribution in [0.15, 0.2) is 12.5 Å². The molecule has 0 fully saturated rings. The van der Waals surface area contributed by atoms with Crippen LogP contribution in [0.5, 0.6) is 0 Å². The number of hydrogen-bond acceptors (Lipinski definition) is 5. The monoisotopic (exact) mass is 251 g/mol. The highest BCUT2D eigenvalue weighted by atomic mass is 16.5. The van der Waals surface area contributed by atoms with Gasteiger partial charge in [-0.2, -0.15) is 0 Å². The number of carboxylic acids is 1. The molecular weight excluding hydrogens is 238 g/mol. The van der Waals surface area contributed by atoms with Gasteiger partial charge in [-0.1, -0.05) is 5.21 Å². The lowest BCUT2D eigenvalue weighted by atomic mass is 10.2. The summed E-state index contributed by atoms with van der Waals surface area (Å²) in [6.07, 6.45) is 3.17. The van der Waals surface area contributed by atoms with Crippen LogP contribution in [-0.2, 0) is 18.3 Å². The van der Waals surface area contributed by atoms with Crippen molar-refractivity contribution in [2.24, 2.45) is 7.05 Å². The van der Waals surface area contributed by atoms with Gasteiger partial charge in [0.15, 0.2) is 5.69 Å². The first-order valence-corrected chi connectivity index (χ1v) is 5.27. The molecule has 8 nitrogen and oxygen atoms in total. The molecule has 0 bridgehead atoms. The highest BCUT2D eigenvalue weighted by molar-refractivity contribution is 5.92. The first kappa shape index (κ1) is 12.2. The Balaban J connectivity index is 2.50. The normalized spacial score (nSPS) is 10.8. The van der Waals surface area contributed by atoms with Gasteiger partial charge in [0.2, 0.25) is 0 Å². The van der Waals surface area contributed by atoms with Gasteiger partial charge < -0.3 is 14.4 Å². The molecule has 0 amide bonds. The number of hydrogen-bond donors (Lipinski definition) is 1. The molecule has 8 heteroatoms. The number of aryl methyl sites for hydroxylation is 1. The van der Waals surface area contributed by atoms with Crippen LogP contribution >= 0.6 is 0 Å². The second-order valence-electron chi connectivity index (χ2n) is 3.70. The Morgan fingerprint density at radius 2 is 2.33 bits per heavy atom. The number of methoxy groups -OCH3 is 1. The second kappa shape index (κ2) is 4.96. The van der Waals surface area contributed by atoms with E-state index in [1.54, 1.807) is 31.2 Å². The quantitative estimate of drug-likeness (QED) is 0.805. The summed E-state index contributed by atoms with van der Waals surface area (Å²) in [6.45, 7) is 0.852. The van der Waals surface area contributed by atoms with Crippen LogP contribution in [0.3, 0.4) is 0 Å². The van der Waals surface area contributed by atoms with Crippen LogP contribution in [-0.4, -0.2) is 49.3 Å². The maximum absolute atomic E-state index is 11.1. The van der Waals surface area contributed by atoms with E-state index in [1.165, 1.54) is 4.68 Å². The molecule has 0 unspecified atom stereocenters. The summed E-state index contributed by atoms with van der Waals surface area (Å²) in [7, 11) is 3.35.